The Morgan fingerprint density at radius 3 is 2.90 bits per heavy atom. The third kappa shape index (κ3) is 4.01. The summed E-state index contributed by atoms with van der Waals surface area (Å²) in [5.41, 5.74) is 2.84. The average molecular weight is 352 g/mol. The van der Waals surface area contributed by atoms with E-state index >= 15 is 0 Å². The van der Waals surface area contributed by atoms with E-state index in [1.807, 2.05) is 0 Å². The summed E-state index contributed by atoms with van der Waals surface area (Å²) in [7, 11) is 0. The summed E-state index contributed by atoms with van der Waals surface area (Å²) < 4.78 is 12.5. The molecule has 0 bridgehead atoms. The second-order valence-electron chi connectivity index (χ2n) is 5.64. The van der Waals surface area contributed by atoms with Gasteiger partial charge in [-0.1, -0.05) is 11.6 Å². The Labute approximate surface area is 134 Å². The molecule has 2 aliphatic rings. The second kappa shape index (κ2) is 7.32. The van der Waals surface area contributed by atoms with Crippen molar-refractivity contribution < 1.29 is 9.47 Å². The molecule has 0 atom stereocenters. The lowest BCUT2D eigenvalue weighted by Crippen LogP contribution is -2.15. The SMILES string of the molecule is Brc1cc(CNCCC2=CCCC2)cc2c1OCCCO2. The molecule has 114 valence electrons. The minimum atomic E-state index is 0.721. The Bertz CT molecular complexity index is 528. The fourth-order valence-electron chi connectivity index (χ4n) is 2.83. The molecule has 1 N–H and O–H groups in total. The van der Waals surface area contributed by atoms with Crippen LogP contribution in [0.15, 0.2) is 28.3 Å². The summed E-state index contributed by atoms with van der Waals surface area (Å²) in [6.07, 6.45) is 8.40. The highest BCUT2D eigenvalue weighted by atomic mass is 79.9. The molecule has 3 nitrogen and oxygen atoms in total. The molecule has 0 radical (unpaired) electrons. The van der Waals surface area contributed by atoms with Gasteiger partial charge in [-0.25, -0.2) is 0 Å². The van der Waals surface area contributed by atoms with Crippen molar-refractivity contribution in [3.05, 3.63) is 33.8 Å². The molecule has 0 fully saturated rings. The van der Waals surface area contributed by atoms with Crippen molar-refractivity contribution in [3.63, 3.8) is 0 Å². The summed E-state index contributed by atoms with van der Waals surface area (Å²) >= 11 is 3.59. The summed E-state index contributed by atoms with van der Waals surface area (Å²) in [5.74, 6) is 1.70. The van der Waals surface area contributed by atoms with Gasteiger partial charge in [0.1, 0.15) is 0 Å². The number of benzene rings is 1. The molecule has 0 saturated heterocycles. The highest BCUT2D eigenvalue weighted by molar-refractivity contribution is 9.10. The molecule has 0 spiro atoms. The van der Waals surface area contributed by atoms with Crippen LogP contribution in [0.3, 0.4) is 0 Å². The van der Waals surface area contributed by atoms with Crippen LogP contribution in [0.4, 0.5) is 0 Å². The van der Waals surface area contributed by atoms with Crippen molar-refractivity contribution in [2.75, 3.05) is 19.8 Å². The van der Waals surface area contributed by atoms with Crippen LogP contribution < -0.4 is 14.8 Å². The zero-order chi connectivity index (χ0) is 14.5. The smallest absolute Gasteiger partial charge is 0.175 e. The summed E-state index contributed by atoms with van der Waals surface area (Å²) in [5, 5.41) is 3.52. The summed E-state index contributed by atoms with van der Waals surface area (Å²) in [6, 6.07) is 4.21. The lowest BCUT2D eigenvalue weighted by atomic mass is 10.1. The van der Waals surface area contributed by atoms with Crippen LogP contribution in [0, 0.1) is 0 Å². The molecular formula is C17H22BrNO2. The molecule has 1 aromatic rings. The van der Waals surface area contributed by atoms with Crippen LogP contribution in [-0.4, -0.2) is 19.8 Å². The van der Waals surface area contributed by atoms with Crippen LogP contribution in [0.5, 0.6) is 11.5 Å². The number of hydrogen-bond donors (Lipinski definition) is 1. The van der Waals surface area contributed by atoms with Crippen LogP contribution in [0.25, 0.3) is 0 Å². The zero-order valence-corrected chi connectivity index (χ0v) is 13.9. The molecule has 4 heteroatoms. The van der Waals surface area contributed by atoms with Crippen molar-refractivity contribution in [1.82, 2.24) is 5.32 Å². The molecule has 0 unspecified atom stereocenters. The Morgan fingerprint density at radius 2 is 2.05 bits per heavy atom. The van der Waals surface area contributed by atoms with Gasteiger partial charge in [0.15, 0.2) is 11.5 Å². The van der Waals surface area contributed by atoms with Crippen molar-refractivity contribution in [1.29, 1.82) is 0 Å². The molecule has 1 aliphatic carbocycles. The lowest BCUT2D eigenvalue weighted by Gasteiger charge is -2.12. The minimum absolute atomic E-state index is 0.721. The molecular weight excluding hydrogens is 330 g/mol. The minimum Gasteiger partial charge on any atom is -0.490 e. The normalized spacial score (nSPS) is 17.5. The molecule has 0 aromatic heterocycles. The largest absolute Gasteiger partial charge is 0.490 e. The van der Waals surface area contributed by atoms with E-state index in [4.69, 9.17) is 9.47 Å². The van der Waals surface area contributed by atoms with Crippen molar-refractivity contribution in [3.8, 4) is 11.5 Å². The topological polar surface area (TPSA) is 30.5 Å². The number of allylic oxidation sites excluding steroid dienone is 1. The Morgan fingerprint density at radius 1 is 1.14 bits per heavy atom. The van der Waals surface area contributed by atoms with Gasteiger partial charge in [0.25, 0.3) is 0 Å². The summed E-state index contributed by atoms with van der Waals surface area (Å²) in [6.45, 7) is 3.35. The van der Waals surface area contributed by atoms with Crippen LogP contribution in [-0.2, 0) is 6.54 Å². The third-order valence-electron chi connectivity index (χ3n) is 3.95. The zero-order valence-electron chi connectivity index (χ0n) is 12.3. The number of ether oxygens (including phenoxy) is 2. The number of halogens is 1. The van der Waals surface area contributed by atoms with Crippen molar-refractivity contribution in [2.24, 2.45) is 0 Å². The number of nitrogens with one attached hydrogen (secondary N) is 1. The highest BCUT2D eigenvalue weighted by Gasteiger charge is 2.15. The van der Waals surface area contributed by atoms with Crippen LogP contribution in [0.1, 0.15) is 37.7 Å². The predicted octanol–water partition coefficient (Wildman–Crippen LogP) is 4.20. The first-order valence-corrected chi connectivity index (χ1v) is 8.59. The summed E-state index contributed by atoms with van der Waals surface area (Å²) in [4.78, 5) is 0. The predicted molar refractivity (Wildman–Crippen MR) is 88.0 cm³/mol. The molecule has 0 amide bonds. The highest BCUT2D eigenvalue weighted by Crippen LogP contribution is 2.38. The van der Waals surface area contributed by atoms with E-state index in [1.165, 1.54) is 31.2 Å². The molecule has 1 heterocycles. The Balaban J connectivity index is 1.55. The van der Waals surface area contributed by atoms with Gasteiger partial charge in [-0.2, -0.15) is 0 Å². The Kier molecular flexibility index (Phi) is 5.20. The standard InChI is InChI=1S/C17H22BrNO2/c18-15-10-14(11-16-17(15)21-9-3-8-20-16)12-19-7-6-13-4-1-2-5-13/h4,10-11,19H,1-3,5-9,12H2. The first-order valence-electron chi connectivity index (χ1n) is 7.79. The van der Waals surface area contributed by atoms with Crippen LogP contribution in [0.2, 0.25) is 0 Å². The van der Waals surface area contributed by atoms with Gasteiger partial charge in [-0.15, -0.1) is 0 Å². The van der Waals surface area contributed by atoms with Gasteiger partial charge >= 0.3 is 0 Å². The van der Waals surface area contributed by atoms with E-state index in [0.29, 0.717) is 0 Å². The third-order valence-corrected chi connectivity index (χ3v) is 4.54. The number of hydrogen-bond acceptors (Lipinski definition) is 3. The van der Waals surface area contributed by atoms with Gasteiger partial charge in [0.2, 0.25) is 0 Å². The van der Waals surface area contributed by atoms with E-state index in [1.54, 1.807) is 5.57 Å². The maximum Gasteiger partial charge on any atom is 0.175 e. The molecule has 21 heavy (non-hydrogen) atoms. The van der Waals surface area contributed by atoms with E-state index in [0.717, 1.165) is 48.7 Å². The molecule has 1 aromatic carbocycles. The second-order valence-corrected chi connectivity index (χ2v) is 6.49. The average Bonchev–Trinajstić information content (AvgIpc) is 2.87. The van der Waals surface area contributed by atoms with Gasteiger partial charge in [0, 0.05) is 13.0 Å². The van der Waals surface area contributed by atoms with Gasteiger partial charge in [-0.05, 0) is 65.9 Å². The quantitative estimate of drug-likeness (QED) is 0.636. The van der Waals surface area contributed by atoms with Gasteiger partial charge < -0.3 is 14.8 Å². The van der Waals surface area contributed by atoms with E-state index in [9.17, 15) is 0 Å². The molecule has 1 aliphatic heterocycles. The van der Waals surface area contributed by atoms with Gasteiger partial charge in [0.05, 0.1) is 17.7 Å². The number of rotatable bonds is 5. The molecule has 3 rings (SSSR count). The monoisotopic (exact) mass is 351 g/mol. The lowest BCUT2D eigenvalue weighted by molar-refractivity contribution is 0.296. The van der Waals surface area contributed by atoms with Crippen LogP contribution >= 0.6 is 15.9 Å². The van der Waals surface area contributed by atoms with Gasteiger partial charge in [-0.3, -0.25) is 0 Å². The first kappa shape index (κ1) is 14.9. The van der Waals surface area contributed by atoms with Crippen molar-refractivity contribution >= 4 is 15.9 Å². The maximum atomic E-state index is 5.77. The van der Waals surface area contributed by atoms with E-state index < -0.39 is 0 Å². The Hall–Kier alpha value is -1.00. The fourth-order valence-corrected chi connectivity index (χ4v) is 3.44. The maximum absolute atomic E-state index is 5.77. The fraction of sp³-hybridized carbons (Fsp3) is 0.529. The van der Waals surface area contributed by atoms with Crippen molar-refractivity contribution in [2.45, 2.75) is 38.6 Å². The number of fused-ring (bicyclic) bond motifs is 1. The van der Waals surface area contributed by atoms with E-state index in [-0.39, 0.29) is 0 Å². The van der Waals surface area contributed by atoms with E-state index in [2.05, 4.69) is 39.5 Å². The first-order chi connectivity index (χ1) is 10.3. The molecule has 0 saturated carbocycles.